The zero-order valence-electron chi connectivity index (χ0n) is 17.7. The van der Waals surface area contributed by atoms with E-state index in [0.717, 1.165) is 22.4 Å². The Kier molecular flexibility index (Phi) is 6.33. The van der Waals surface area contributed by atoms with Crippen molar-refractivity contribution >= 4 is 0 Å². The van der Waals surface area contributed by atoms with Gasteiger partial charge in [-0.25, -0.2) is 0 Å². The third-order valence-electron chi connectivity index (χ3n) is 5.02. The van der Waals surface area contributed by atoms with Crippen LogP contribution < -0.4 is 15.0 Å². The highest BCUT2D eigenvalue weighted by atomic mass is 16.5. The second-order valence-electron chi connectivity index (χ2n) is 7.41. The predicted molar refractivity (Wildman–Crippen MR) is 123 cm³/mol. The number of rotatable bonds is 7. The number of aromatic amines is 1. The summed E-state index contributed by atoms with van der Waals surface area (Å²) in [6, 6.07) is 29.0. The van der Waals surface area contributed by atoms with Crippen molar-refractivity contribution in [1.29, 1.82) is 5.26 Å². The van der Waals surface area contributed by atoms with Crippen molar-refractivity contribution in [1.82, 2.24) is 4.98 Å². The highest BCUT2D eigenvalue weighted by Gasteiger charge is 2.10. The first-order valence-electron chi connectivity index (χ1n) is 10.3. The van der Waals surface area contributed by atoms with Crippen LogP contribution >= 0.6 is 0 Å². The normalized spacial score (nSPS) is 10.4. The maximum atomic E-state index is 12.0. The highest BCUT2D eigenvalue weighted by molar-refractivity contribution is 5.70. The number of nitrogens with zero attached hydrogens (tertiary/aromatic N) is 1. The molecule has 0 atom stereocenters. The van der Waals surface area contributed by atoms with Gasteiger partial charge in [0.15, 0.2) is 0 Å². The summed E-state index contributed by atoms with van der Waals surface area (Å²) in [4.78, 5) is 14.7. The van der Waals surface area contributed by atoms with E-state index in [9.17, 15) is 10.1 Å². The molecule has 0 bridgehead atoms. The predicted octanol–water partition coefficient (Wildman–Crippen LogP) is 5.38. The van der Waals surface area contributed by atoms with Gasteiger partial charge in [-0.1, -0.05) is 54.6 Å². The molecule has 4 rings (SSSR count). The molecule has 0 saturated carbocycles. The molecule has 0 spiro atoms. The Morgan fingerprint density at radius 2 is 1.38 bits per heavy atom. The lowest BCUT2D eigenvalue weighted by molar-refractivity contribution is 0.301. The molecule has 3 aromatic carbocycles. The Hall–Kier alpha value is -4.30. The van der Waals surface area contributed by atoms with Gasteiger partial charge >= 0.3 is 0 Å². The molecule has 4 aromatic rings. The summed E-state index contributed by atoms with van der Waals surface area (Å²) in [7, 11) is 0. The SMILES string of the molecule is Cc1cc(-c2ccc(OCc3ccc(OCc4ccccc4)cc3)cc2)c(C#N)c(=O)[nH]1. The summed E-state index contributed by atoms with van der Waals surface area (Å²) in [6.45, 7) is 2.75. The lowest BCUT2D eigenvalue weighted by atomic mass is 10.0. The van der Waals surface area contributed by atoms with E-state index < -0.39 is 0 Å². The summed E-state index contributed by atoms with van der Waals surface area (Å²) < 4.78 is 11.7. The van der Waals surface area contributed by atoms with Gasteiger partial charge in [-0.15, -0.1) is 0 Å². The van der Waals surface area contributed by atoms with E-state index in [1.165, 1.54) is 0 Å². The lowest BCUT2D eigenvalue weighted by Gasteiger charge is -2.10. The zero-order chi connectivity index (χ0) is 22.3. The fourth-order valence-electron chi connectivity index (χ4n) is 3.35. The third kappa shape index (κ3) is 5.05. The highest BCUT2D eigenvalue weighted by Crippen LogP contribution is 2.25. The fraction of sp³-hybridized carbons (Fsp3) is 0.111. The van der Waals surface area contributed by atoms with Crippen molar-refractivity contribution in [3.8, 4) is 28.7 Å². The average Bonchev–Trinajstić information content (AvgIpc) is 2.83. The number of nitrogens with one attached hydrogen (secondary N) is 1. The number of hydrogen-bond donors (Lipinski definition) is 1. The van der Waals surface area contributed by atoms with Crippen molar-refractivity contribution in [2.75, 3.05) is 0 Å². The van der Waals surface area contributed by atoms with Crippen molar-refractivity contribution in [2.24, 2.45) is 0 Å². The molecule has 0 amide bonds. The Labute approximate surface area is 186 Å². The van der Waals surface area contributed by atoms with Crippen LogP contribution in [0.5, 0.6) is 11.5 Å². The van der Waals surface area contributed by atoms with Gasteiger partial charge in [0.2, 0.25) is 0 Å². The van der Waals surface area contributed by atoms with Gasteiger partial charge in [-0.05, 0) is 53.9 Å². The second kappa shape index (κ2) is 9.67. The number of H-pyrrole nitrogens is 1. The van der Waals surface area contributed by atoms with Crippen LogP contribution in [0.3, 0.4) is 0 Å². The maximum Gasteiger partial charge on any atom is 0.266 e. The molecule has 0 unspecified atom stereocenters. The van der Waals surface area contributed by atoms with Crippen LogP contribution in [-0.4, -0.2) is 4.98 Å². The van der Waals surface area contributed by atoms with Gasteiger partial charge in [-0.3, -0.25) is 4.79 Å². The molecule has 0 aliphatic carbocycles. The summed E-state index contributed by atoms with van der Waals surface area (Å²) in [6.07, 6.45) is 0. The minimum Gasteiger partial charge on any atom is -0.489 e. The second-order valence-corrected chi connectivity index (χ2v) is 7.41. The van der Waals surface area contributed by atoms with Gasteiger partial charge in [0, 0.05) is 11.3 Å². The lowest BCUT2D eigenvalue weighted by Crippen LogP contribution is -2.12. The van der Waals surface area contributed by atoms with E-state index in [1.54, 1.807) is 13.0 Å². The van der Waals surface area contributed by atoms with Crippen LogP contribution in [-0.2, 0) is 13.2 Å². The molecule has 0 fully saturated rings. The Balaban J connectivity index is 1.37. The van der Waals surface area contributed by atoms with Crippen LogP contribution in [0.4, 0.5) is 0 Å². The van der Waals surface area contributed by atoms with E-state index in [-0.39, 0.29) is 11.1 Å². The summed E-state index contributed by atoms with van der Waals surface area (Å²) in [5.41, 5.74) is 4.01. The first kappa shape index (κ1) is 21.0. The topological polar surface area (TPSA) is 75.1 Å². The first-order chi connectivity index (χ1) is 15.6. The number of nitriles is 1. The number of pyridine rings is 1. The molecular weight excluding hydrogens is 400 g/mol. The van der Waals surface area contributed by atoms with Crippen LogP contribution in [0.1, 0.15) is 22.4 Å². The number of aromatic nitrogens is 1. The van der Waals surface area contributed by atoms with Gasteiger partial charge in [-0.2, -0.15) is 5.26 Å². The largest absolute Gasteiger partial charge is 0.489 e. The molecule has 1 heterocycles. The van der Waals surface area contributed by atoms with E-state index in [4.69, 9.17) is 9.47 Å². The van der Waals surface area contributed by atoms with Crippen LogP contribution in [0.15, 0.2) is 89.7 Å². The molecule has 5 nitrogen and oxygen atoms in total. The average molecular weight is 422 g/mol. The Morgan fingerprint density at radius 3 is 1.97 bits per heavy atom. The minimum absolute atomic E-state index is 0.110. The molecule has 0 aliphatic rings. The first-order valence-corrected chi connectivity index (χ1v) is 10.3. The van der Waals surface area contributed by atoms with Gasteiger partial charge in [0.25, 0.3) is 5.56 Å². The van der Waals surface area contributed by atoms with Gasteiger partial charge < -0.3 is 14.5 Å². The maximum absolute atomic E-state index is 12.0. The van der Waals surface area contributed by atoms with Crippen molar-refractivity contribution in [3.63, 3.8) is 0 Å². The number of benzene rings is 3. The molecular formula is C27H22N2O3. The molecule has 0 radical (unpaired) electrons. The molecule has 1 N–H and O–H groups in total. The van der Waals surface area contributed by atoms with Crippen molar-refractivity contribution in [2.45, 2.75) is 20.1 Å². The van der Waals surface area contributed by atoms with Crippen molar-refractivity contribution in [3.05, 3.63) is 118 Å². The molecule has 0 saturated heterocycles. The third-order valence-corrected chi connectivity index (χ3v) is 5.02. The molecule has 0 aliphatic heterocycles. The molecule has 5 heteroatoms. The van der Waals surface area contributed by atoms with Crippen molar-refractivity contribution < 1.29 is 9.47 Å². The smallest absolute Gasteiger partial charge is 0.266 e. The summed E-state index contributed by atoms with van der Waals surface area (Å²) in [5, 5.41) is 9.32. The Bertz CT molecular complexity index is 1290. The van der Waals surface area contributed by atoms with E-state index in [2.05, 4.69) is 4.98 Å². The summed E-state index contributed by atoms with van der Waals surface area (Å²) in [5.74, 6) is 1.52. The number of ether oxygens (including phenoxy) is 2. The van der Waals surface area contributed by atoms with E-state index >= 15 is 0 Å². The minimum atomic E-state index is -0.376. The van der Waals surface area contributed by atoms with Crippen LogP contribution in [0.25, 0.3) is 11.1 Å². The quantitative estimate of drug-likeness (QED) is 0.434. The molecule has 32 heavy (non-hydrogen) atoms. The van der Waals surface area contributed by atoms with Crippen LogP contribution in [0, 0.1) is 18.3 Å². The number of hydrogen-bond acceptors (Lipinski definition) is 4. The zero-order valence-corrected chi connectivity index (χ0v) is 17.7. The Morgan fingerprint density at radius 1 is 0.812 bits per heavy atom. The van der Waals surface area contributed by atoms with Crippen LogP contribution in [0.2, 0.25) is 0 Å². The number of aryl methyl sites for hydroxylation is 1. The van der Waals surface area contributed by atoms with E-state index in [1.807, 2.05) is 84.9 Å². The molecule has 1 aromatic heterocycles. The fourth-order valence-corrected chi connectivity index (χ4v) is 3.35. The summed E-state index contributed by atoms with van der Waals surface area (Å²) >= 11 is 0. The molecule has 158 valence electrons. The standard InChI is InChI=1S/C27H22N2O3/c1-19-15-25(26(16-28)27(30)29-19)22-9-13-24(14-10-22)32-18-21-7-11-23(12-8-21)31-17-20-5-3-2-4-6-20/h2-15H,17-18H2,1H3,(H,29,30). The monoisotopic (exact) mass is 422 g/mol. The van der Waals surface area contributed by atoms with Gasteiger partial charge in [0.05, 0.1) is 0 Å². The van der Waals surface area contributed by atoms with E-state index in [0.29, 0.717) is 30.2 Å². The van der Waals surface area contributed by atoms with Gasteiger partial charge in [0.1, 0.15) is 36.3 Å².